The normalized spacial score (nSPS) is 25.8. The van der Waals surface area contributed by atoms with Crippen molar-refractivity contribution < 1.29 is 9.94 Å². The summed E-state index contributed by atoms with van der Waals surface area (Å²) in [5.41, 5.74) is 12.2. The van der Waals surface area contributed by atoms with E-state index in [1.807, 2.05) is 6.20 Å². The molecular formula is C25H30N4O2. The number of guanidine groups is 1. The van der Waals surface area contributed by atoms with E-state index in [4.69, 9.17) is 15.5 Å². The standard InChI is InChI=1S/C25H30N4O2/c1-29(30)24(26)28-23-21-13-17(18-4-3-16-9-12-27-22(16)14-18)5-6-19(21)15-25(23)10-7-20(31-2)8-11-25/h3-6,9,12-14,20,23,27,30H,7-8,10-11,15H2,1-2H3,(H2,26,28). The van der Waals surface area contributed by atoms with Crippen molar-refractivity contribution in [2.45, 2.75) is 44.2 Å². The molecule has 1 atom stereocenters. The van der Waals surface area contributed by atoms with Crippen LogP contribution in [0.1, 0.15) is 42.9 Å². The number of benzene rings is 2. The van der Waals surface area contributed by atoms with Crippen LogP contribution in [0.2, 0.25) is 0 Å². The summed E-state index contributed by atoms with van der Waals surface area (Å²) in [6.07, 6.45) is 7.42. The van der Waals surface area contributed by atoms with Gasteiger partial charge in [0, 0.05) is 31.3 Å². The highest BCUT2D eigenvalue weighted by atomic mass is 16.5. The van der Waals surface area contributed by atoms with Crippen molar-refractivity contribution in [1.82, 2.24) is 10.0 Å². The zero-order valence-corrected chi connectivity index (χ0v) is 18.1. The van der Waals surface area contributed by atoms with Crippen LogP contribution in [-0.2, 0) is 11.2 Å². The first-order valence-electron chi connectivity index (χ1n) is 11.0. The number of nitrogens with two attached hydrogens (primary N) is 1. The van der Waals surface area contributed by atoms with Crippen molar-refractivity contribution in [2.24, 2.45) is 16.1 Å². The Kier molecular flexibility index (Phi) is 4.99. The Labute approximate surface area is 182 Å². The summed E-state index contributed by atoms with van der Waals surface area (Å²) in [5, 5.41) is 12.0. The van der Waals surface area contributed by atoms with E-state index >= 15 is 0 Å². The second kappa shape index (κ2) is 7.70. The minimum Gasteiger partial charge on any atom is -0.381 e. The first kappa shape index (κ1) is 20.1. The molecule has 2 aromatic carbocycles. The van der Waals surface area contributed by atoms with Gasteiger partial charge in [-0.15, -0.1) is 0 Å². The van der Waals surface area contributed by atoms with Crippen molar-refractivity contribution in [2.75, 3.05) is 14.2 Å². The van der Waals surface area contributed by atoms with Crippen LogP contribution in [0.3, 0.4) is 0 Å². The van der Waals surface area contributed by atoms with Crippen molar-refractivity contribution >= 4 is 16.9 Å². The van der Waals surface area contributed by atoms with Crippen molar-refractivity contribution in [3.8, 4) is 11.1 Å². The quantitative estimate of drug-likeness (QED) is 0.328. The molecule has 0 radical (unpaired) electrons. The molecule has 2 aliphatic rings. The summed E-state index contributed by atoms with van der Waals surface area (Å²) in [7, 11) is 3.32. The maximum atomic E-state index is 9.86. The molecule has 31 heavy (non-hydrogen) atoms. The summed E-state index contributed by atoms with van der Waals surface area (Å²) in [6.45, 7) is 0. The maximum absolute atomic E-state index is 9.86. The number of ether oxygens (including phenoxy) is 1. The van der Waals surface area contributed by atoms with E-state index < -0.39 is 0 Å². The molecule has 0 aliphatic heterocycles. The van der Waals surface area contributed by atoms with Crippen LogP contribution in [-0.4, -0.2) is 41.5 Å². The Hall–Kier alpha value is -2.83. The van der Waals surface area contributed by atoms with Gasteiger partial charge in [-0.3, -0.25) is 5.21 Å². The van der Waals surface area contributed by atoms with E-state index in [0.717, 1.165) is 42.7 Å². The molecule has 3 aromatic rings. The molecule has 1 unspecified atom stereocenters. The molecule has 2 aliphatic carbocycles. The maximum Gasteiger partial charge on any atom is 0.215 e. The van der Waals surface area contributed by atoms with Gasteiger partial charge in [0.1, 0.15) is 0 Å². The lowest BCUT2D eigenvalue weighted by molar-refractivity contribution is 0.00726. The van der Waals surface area contributed by atoms with Gasteiger partial charge >= 0.3 is 0 Å². The van der Waals surface area contributed by atoms with Gasteiger partial charge in [-0.25, -0.2) is 10.1 Å². The first-order valence-corrected chi connectivity index (χ1v) is 11.0. The zero-order valence-electron chi connectivity index (χ0n) is 18.1. The fraction of sp³-hybridized carbons (Fsp3) is 0.400. The van der Waals surface area contributed by atoms with Crippen LogP contribution in [0.25, 0.3) is 22.0 Å². The Bertz CT molecular complexity index is 1130. The van der Waals surface area contributed by atoms with Crippen LogP contribution in [0.5, 0.6) is 0 Å². The third-order valence-electron chi connectivity index (χ3n) is 7.31. The topological polar surface area (TPSA) is 86.9 Å². The summed E-state index contributed by atoms with van der Waals surface area (Å²) >= 11 is 0. The van der Waals surface area contributed by atoms with Crippen LogP contribution in [0.4, 0.5) is 0 Å². The number of aromatic amines is 1. The molecule has 0 saturated heterocycles. The van der Waals surface area contributed by atoms with Gasteiger partial charge in [0.25, 0.3) is 0 Å². The molecule has 0 bridgehead atoms. The lowest BCUT2D eigenvalue weighted by Crippen LogP contribution is -2.36. The second-order valence-corrected chi connectivity index (χ2v) is 9.08. The highest BCUT2D eigenvalue weighted by Gasteiger charge is 2.48. The van der Waals surface area contributed by atoms with Gasteiger partial charge in [0.15, 0.2) is 0 Å². The van der Waals surface area contributed by atoms with E-state index in [0.29, 0.717) is 6.10 Å². The largest absolute Gasteiger partial charge is 0.381 e. The molecule has 1 saturated carbocycles. The van der Waals surface area contributed by atoms with E-state index in [2.05, 4.69) is 47.4 Å². The molecule has 1 fully saturated rings. The van der Waals surface area contributed by atoms with Gasteiger partial charge in [-0.05, 0) is 77.9 Å². The lowest BCUT2D eigenvalue weighted by Gasteiger charge is -2.40. The third-order valence-corrected chi connectivity index (χ3v) is 7.31. The number of rotatable bonds is 3. The first-order chi connectivity index (χ1) is 15.0. The average Bonchev–Trinajstić information content (AvgIpc) is 3.36. The molecule has 5 rings (SSSR count). The highest BCUT2D eigenvalue weighted by Crippen LogP contribution is 2.56. The van der Waals surface area contributed by atoms with Crippen molar-refractivity contribution in [3.05, 3.63) is 59.8 Å². The van der Waals surface area contributed by atoms with E-state index in [1.165, 1.54) is 34.7 Å². The van der Waals surface area contributed by atoms with E-state index in [1.54, 1.807) is 7.11 Å². The number of hydrogen-bond donors (Lipinski definition) is 3. The fourth-order valence-corrected chi connectivity index (χ4v) is 5.50. The SMILES string of the molecule is COC1CCC2(CC1)Cc1ccc(-c3ccc4cc[nH]c4c3)cc1C2N=C(N)N(C)O. The zero-order chi connectivity index (χ0) is 21.6. The van der Waals surface area contributed by atoms with Gasteiger partial charge in [0.05, 0.1) is 12.1 Å². The molecule has 6 heteroatoms. The number of nitrogens with one attached hydrogen (secondary N) is 1. The summed E-state index contributed by atoms with van der Waals surface area (Å²) < 4.78 is 5.62. The summed E-state index contributed by atoms with van der Waals surface area (Å²) in [6, 6.07) is 15.3. The minimum atomic E-state index is -0.0657. The van der Waals surface area contributed by atoms with Gasteiger partial charge in [0.2, 0.25) is 5.96 Å². The molecule has 1 aromatic heterocycles. The molecule has 0 amide bonds. The molecule has 1 heterocycles. The number of methoxy groups -OCH3 is 1. The minimum absolute atomic E-state index is 0.0278. The predicted molar refractivity (Wildman–Crippen MR) is 123 cm³/mol. The molecular weight excluding hydrogens is 388 g/mol. The Morgan fingerprint density at radius 1 is 1.16 bits per heavy atom. The van der Waals surface area contributed by atoms with Crippen LogP contribution < -0.4 is 5.73 Å². The average molecular weight is 419 g/mol. The van der Waals surface area contributed by atoms with Gasteiger partial charge < -0.3 is 15.5 Å². The van der Waals surface area contributed by atoms with Crippen molar-refractivity contribution in [3.63, 3.8) is 0 Å². The molecule has 1 spiro atoms. The fourth-order valence-electron chi connectivity index (χ4n) is 5.50. The Morgan fingerprint density at radius 2 is 1.90 bits per heavy atom. The Balaban J connectivity index is 1.56. The number of nitrogens with zero attached hydrogens (tertiary/aromatic N) is 2. The van der Waals surface area contributed by atoms with Crippen molar-refractivity contribution in [1.29, 1.82) is 0 Å². The molecule has 6 nitrogen and oxygen atoms in total. The van der Waals surface area contributed by atoms with Crippen LogP contribution in [0.15, 0.2) is 53.7 Å². The number of aromatic nitrogens is 1. The number of hydrogen-bond acceptors (Lipinski definition) is 3. The second-order valence-electron chi connectivity index (χ2n) is 9.08. The lowest BCUT2D eigenvalue weighted by atomic mass is 9.68. The Morgan fingerprint density at radius 3 is 2.65 bits per heavy atom. The number of fused-ring (bicyclic) bond motifs is 2. The monoisotopic (exact) mass is 418 g/mol. The smallest absolute Gasteiger partial charge is 0.215 e. The van der Waals surface area contributed by atoms with Gasteiger partial charge in [-0.2, -0.15) is 0 Å². The number of hydroxylamine groups is 2. The summed E-state index contributed by atoms with van der Waals surface area (Å²) in [5.74, 6) is 0.157. The highest BCUT2D eigenvalue weighted by molar-refractivity contribution is 5.85. The van der Waals surface area contributed by atoms with E-state index in [9.17, 15) is 5.21 Å². The number of aliphatic imine (C=N–C) groups is 1. The van der Waals surface area contributed by atoms with Crippen LogP contribution >= 0.6 is 0 Å². The number of H-pyrrole nitrogens is 1. The third kappa shape index (κ3) is 3.50. The summed E-state index contributed by atoms with van der Waals surface area (Å²) in [4.78, 5) is 8.15. The molecule has 4 N–H and O–H groups in total. The van der Waals surface area contributed by atoms with Crippen LogP contribution in [0, 0.1) is 5.41 Å². The predicted octanol–water partition coefficient (Wildman–Crippen LogP) is 4.64. The van der Waals surface area contributed by atoms with E-state index in [-0.39, 0.29) is 17.4 Å². The van der Waals surface area contributed by atoms with Gasteiger partial charge in [-0.1, -0.05) is 24.3 Å². The molecule has 162 valence electrons.